The van der Waals surface area contributed by atoms with Crippen LogP contribution in [-0.2, 0) is 5.92 Å². The average molecular weight is 427 g/mol. The minimum Gasteiger partial charge on any atom is -0.345 e. The fraction of sp³-hybridized carbons (Fsp3) is 0.235. The van der Waals surface area contributed by atoms with Crippen molar-refractivity contribution < 1.29 is 18.0 Å². The predicted octanol–water partition coefficient (Wildman–Crippen LogP) is 4.23. The van der Waals surface area contributed by atoms with Crippen molar-refractivity contribution in [1.29, 1.82) is 0 Å². The number of rotatable bonds is 4. The van der Waals surface area contributed by atoms with Crippen molar-refractivity contribution in [2.45, 2.75) is 25.8 Å². The third kappa shape index (κ3) is 3.44. The maximum atomic E-state index is 14.4. The lowest BCUT2D eigenvalue weighted by Crippen LogP contribution is -2.28. The van der Waals surface area contributed by atoms with E-state index in [0.717, 1.165) is 6.07 Å². The number of carbonyl (C=O) groups is 1. The van der Waals surface area contributed by atoms with Gasteiger partial charge in [-0.1, -0.05) is 18.2 Å². The molecule has 0 saturated heterocycles. The molecule has 0 saturated carbocycles. The zero-order valence-electron chi connectivity index (χ0n) is 13.8. The van der Waals surface area contributed by atoms with E-state index in [4.69, 9.17) is 0 Å². The van der Waals surface area contributed by atoms with E-state index in [1.807, 2.05) is 0 Å². The van der Waals surface area contributed by atoms with Gasteiger partial charge in [0.2, 0.25) is 0 Å². The molecule has 0 bridgehead atoms. The summed E-state index contributed by atoms with van der Waals surface area (Å²) in [5.41, 5.74) is 0.110. The third-order valence-corrected chi connectivity index (χ3v) is 4.51. The van der Waals surface area contributed by atoms with Crippen molar-refractivity contribution in [2.24, 2.45) is 0 Å². The van der Waals surface area contributed by atoms with Crippen LogP contribution in [0.3, 0.4) is 0 Å². The first-order valence-electron chi connectivity index (χ1n) is 7.65. The highest BCUT2D eigenvalue weighted by atomic mass is 79.9. The summed E-state index contributed by atoms with van der Waals surface area (Å²) >= 11 is 3.30. The second kappa shape index (κ2) is 6.71. The Hall–Kier alpha value is -2.42. The lowest BCUT2D eigenvalue weighted by atomic mass is 10.0. The lowest BCUT2D eigenvalue weighted by molar-refractivity contribution is 0.0135. The van der Waals surface area contributed by atoms with Gasteiger partial charge >= 0.3 is 0 Å². The number of carbonyl (C=O) groups excluding carboxylic acids is 1. The van der Waals surface area contributed by atoms with Crippen molar-refractivity contribution in [3.63, 3.8) is 0 Å². The molecule has 1 aromatic carbocycles. The normalized spacial score (nSPS) is 13.0. The van der Waals surface area contributed by atoms with Gasteiger partial charge in [-0.2, -0.15) is 0 Å². The smallest absolute Gasteiger partial charge is 0.273 e. The van der Waals surface area contributed by atoms with E-state index >= 15 is 0 Å². The van der Waals surface area contributed by atoms with E-state index in [9.17, 15) is 18.0 Å². The number of alkyl halides is 2. The van der Waals surface area contributed by atoms with Gasteiger partial charge in [-0.05, 0) is 28.9 Å². The van der Waals surface area contributed by atoms with E-state index in [2.05, 4.69) is 31.4 Å². The van der Waals surface area contributed by atoms with Crippen LogP contribution in [0.15, 0.2) is 41.3 Å². The molecule has 0 aliphatic carbocycles. The molecule has 0 aliphatic rings. The molecule has 26 heavy (non-hydrogen) atoms. The Morgan fingerprint density at radius 1 is 1.38 bits per heavy atom. The molecule has 136 valence electrons. The molecule has 1 amide bonds. The number of fused-ring (bicyclic) bond motifs is 1. The summed E-state index contributed by atoms with van der Waals surface area (Å²) in [6.07, 6.45) is 2.96. The molecular weight excluding hydrogens is 413 g/mol. The number of nitrogens with zero attached hydrogens (tertiary/aromatic N) is 3. The van der Waals surface area contributed by atoms with Crippen molar-refractivity contribution in [3.05, 3.63) is 63.8 Å². The second-order valence-corrected chi connectivity index (χ2v) is 6.79. The summed E-state index contributed by atoms with van der Waals surface area (Å²) in [6.45, 7) is 2.16. The summed E-state index contributed by atoms with van der Waals surface area (Å²) in [7, 11) is 0. The maximum absolute atomic E-state index is 14.4. The van der Waals surface area contributed by atoms with Gasteiger partial charge in [0, 0.05) is 18.7 Å². The van der Waals surface area contributed by atoms with Crippen LogP contribution in [0.4, 0.5) is 13.2 Å². The molecule has 9 heteroatoms. The number of halogens is 4. The van der Waals surface area contributed by atoms with E-state index < -0.39 is 29.3 Å². The third-order valence-electron chi connectivity index (χ3n) is 3.92. The number of aromatic nitrogens is 3. The predicted molar refractivity (Wildman–Crippen MR) is 92.5 cm³/mol. The van der Waals surface area contributed by atoms with Crippen molar-refractivity contribution in [1.82, 2.24) is 19.9 Å². The number of hydrogen-bond acceptors (Lipinski definition) is 3. The quantitative estimate of drug-likeness (QED) is 0.678. The molecule has 0 radical (unpaired) electrons. The Balaban J connectivity index is 1.87. The van der Waals surface area contributed by atoms with E-state index in [1.54, 1.807) is 10.5 Å². The lowest BCUT2D eigenvalue weighted by Gasteiger charge is -2.19. The highest BCUT2D eigenvalue weighted by molar-refractivity contribution is 9.10. The summed E-state index contributed by atoms with van der Waals surface area (Å²) in [5, 5.41) is 10.2. The first-order valence-corrected chi connectivity index (χ1v) is 8.44. The van der Waals surface area contributed by atoms with Crippen molar-refractivity contribution in [3.8, 4) is 0 Å². The minimum atomic E-state index is -3.31. The van der Waals surface area contributed by atoms with Gasteiger partial charge < -0.3 is 5.32 Å². The topological polar surface area (TPSA) is 59.3 Å². The molecule has 3 aromatic rings. The van der Waals surface area contributed by atoms with Gasteiger partial charge in [-0.25, -0.2) is 13.2 Å². The van der Waals surface area contributed by atoms with E-state index in [1.165, 1.54) is 31.6 Å². The Bertz CT molecular complexity index is 984. The molecule has 2 aromatic heterocycles. The number of benzene rings is 1. The maximum Gasteiger partial charge on any atom is 0.273 e. The molecular formula is C17H14BrF3N4O. The first-order chi connectivity index (χ1) is 12.2. The van der Waals surface area contributed by atoms with Gasteiger partial charge in [-0.15, -0.1) is 10.2 Å². The van der Waals surface area contributed by atoms with Crippen LogP contribution in [0.5, 0.6) is 0 Å². The van der Waals surface area contributed by atoms with Gasteiger partial charge in [0.05, 0.1) is 21.6 Å². The SMILES string of the molecule is C[C@@H](NC(=O)c1cc(Br)c2nncn2c1)c1cccc(C(C)(F)F)c1F. The fourth-order valence-electron chi connectivity index (χ4n) is 2.60. The molecule has 2 heterocycles. The number of hydrogen-bond donors (Lipinski definition) is 1. The first kappa shape index (κ1) is 18.4. The van der Waals surface area contributed by atoms with Gasteiger partial charge in [0.25, 0.3) is 11.8 Å². The van der Waals surface area contributed by atoms with Crippen LogP contribution in [0, 0.1) is 5.82 Å². The van der Waals surface area contributed by atoms with E-state index in [-0.39, 0.29) is 11.1 Å². The summed E-state index contributed by atoms with van der Waals surface area (Å²) in [5.74, 6) is -4.82. The van der Waals surface area contributed by atoms with Gasteiger partial charge in [-0.3, -0.25) is 9.20 Å². The highest BCUT2D eigenvalue weighted by Gasteiger charge is 2.30. The summed E-state index contributed by atoms with van der Waals surface area (Å²) in [4.78, 5) is 12.5. The Morgan fingerprint density at radius 3 is 2.81 bits per heavy atom. The summed E-state index contributed by atoms with van der Waals surface area (Å²) in [6, 6.07) is 4.49. The number of amides is 1. The van der Waals surface area contributed by atoms with E-state index in [0.29, 0.717) is 17.0 Å². The largest absolute Gasteiger partial charge is 0.345 e. The molecule has 3 rings (SSSR count). The molecule has 0 spiro atoms. The fourth-order valence-corrected chi connectivity index (χ4v) is 3.13. The van der Waals surface area contributed by atoms with Crippen molar-refractivity contribution >= 4 is 27.5 Å². The molecule has 1 N–H and O–H groups in total. The Labute approximate surface area is 155 Å². The second-order valence-electron chi connectivity index (χ2n) is 5.93. The standard InChI is InChI=1S/C17H14BrF3N4O/c1-9(11-4-3-5-12(14(11)19)17(2,20)21)23-16(26)10-6-13(18)15-24-22-8-25(15)7-10/h3-9H,1-2H3,(H,23,26)/t9-/m1/s1. The van der Waals surface area contributed by atoms with Crippen LogP contribution in [0.2, 0.25) is 0 Å². The van der Waals surface area contributed by atoms with Crippen LogP contribution in [0.25, 0.3) is 5.65 Å². The molecule has 1 atom stereocenters. The zero-order valence-corrected chi connectivity index (χ0v) is 15.4. The van der Waals surface area contributed by atoms with Crippen LogP contribution < -0.4 is 5.32 Å². The van der Waals surface area contributed by atoms with Gasteiger partial charge in [0.1, 0.15) is 12.1 Å². The minimum absolute atomic E-state index is 0.0122. The Morgan fingerprint density at radius 2 is 2.12 bits per heavy atom. The molecule has 0 aliphatic heterocycles. The van der Waals surface area contributed by atoms with Crippen LogP contribution in [0.1, 0.15) is 41.4 Å². The number of nitrogens with one attached hydrogen (secondary N) is 1. The Kier molecular flexibility index (Phi) is 4.74. The molecule has 0 unspecified atom stereocenters. The van der Waals surface area contributed by atoms with Crippen molar-refractivity contribution in [2.75, 3.05) is 0 Å². The zero-order chi connectivity index (χ0) is 19.1. The van der Waals surface area contributed by atoms with Gasteiger partial charge in [0.15, 0.2) is 5.65 Å². The monoisotopic (exact) mass is 426 g/mol. The number of pyridine rings is 1. The summed E-state index contributed by atoms with van der Waals surface area (Å²) < 4.78 is 43.6. The van der Waals surface area contributed by atoms with Crippen LogP contribution >= 0.6 is 15.9 Å². The highest BCUT2D eigenvalue weighted by Crippen LogP contribution is 2.32. The van der Waals surface area contributed by atoms with Crippen LogP contribution in [-0.4, -0.2) is 20.5 Å². The average Bonchev–Trinajstić information content (AvgIpc) is 3.02. The molecule has 5 nitrogen and oxygen atoms in total. The molecule has 0 fully saturated rings.